The number of esters is 1. The molecular weight excluding hydrogens is 456 g/mol. The first-order valence-electron chi connectivity index (χ1n) is 12.2. The summed E-state index contributed by atoms with van der Waals surface area (Å²) in [5.74, 6) is -0.370. The Morgan fingerprint density at radius 2 is 1.74 bits per heavy atom. The zero-order chi connectivity index (χ0) is 25.2. The van der Waals surface area contributed by atoms with Crippen LogP contribution < -0.4 is 0 Å². The van der Waals surface area contributed by atoms with Crippen LogP contribution in [0.1, 0.15) is 31.7 Å². The number of carbonyl (C=O) groups excluding carboxylic acids is 1. The molecule has 2 heterocycles. The molecule has 9 heteroatoms. The summed E-state index contributed by atoms with van der Waals surface area (Å²) in [5.41, 5.74) is 1.12. The van der Waals surface area contributed by atoms with Crippen molar-refractivity contribution in [3.63, 3.8) is 0 Å². The zero-order valence-corrected chi connectivity index (χ0v) is 21.4. The molecule has 0 bridgehead atoms. The van der Waals surface area contributed by atoms with Gasteiger partial charge in [0.25, 0.3) is 0 Å². The van der Waals surface area contributed by atoms with Crippen molar-refractivity contribution in [1.29, 1.82) is 0 Å². The van der Waals surface area contributed by atoms with Crippen LogP contribution in [0.15, 0.2) is 30.3 Å². The average Bonchev–Trinajstić information content (AvgIpc) is 2.89. The van der Waals surface area contributed by atoms with Gasteiger partial charge in [-0.1, -0.05) is 37.3 Å². The minimum absolute atomic E-state index is 0.0576. The predicted molar refractivity (Wildman–Crippen MR) is 127 cm³/mol. The first-order valence-corrected chi connectivity index (χ1v) is 12.2. The van der Waals surface area contributed by atoms with Gasteiger partial charge in [-0.2, -0.15) is 0 Å². The summed E-state index contributed by atoms with van der Waals surface area (Å²) >= 11 is 0. The number of hydrogen-bond donors (Lipinski definition) is 0. The Labute approximate surface area is 208 Å². The number of ether oxygens (including phenoxy) is 8. The van der Waals surface area contributed by atoms with Gasteiger partial charge in [-0.05, 0) is 12.0 Å². The first kappa shape index (κ1) is 28.0. The van der Waals surface area contributed by atoms with E-state index in [1.54, 1.807) is 21.3 Å². The molecule has 198 valence electrons. The summed E-state index contributed by atoms with van der Waals surface area (Å²) in [5, 5.41) is 0. The molecule has 1 aromatic carbocycles. The number of rotatable bonds is 12. The molecule has 35 heavy (non-hydrogen) atoms. The second kappa shape index (κ2) is 14.2. The lowest BCUT2D eigenvalue weighted by atomic mass is 9.87. The quantitative estimate of drug-likeness (QED) is 0.320. The minimum Gasteiger partial charge on any atom is -0.469 e. The molecule has 2 fully saturated rings. The normalized spacial score (nSPS) is 33.4. The molecule has 0 N–H and O–H groups in total. The Bertz CT molecular complexity index is 746. The summed E-state index contributed by atoms with van der Waals surface area (Å²) in [6.07, 6.45) is -0.855. The largest absolute Gasteiger partial charge is 0.469 e. The fourth-order valence-electron chi connectivity index (χ4n) is 4.73. The first-order chi connectivity index (χ1) is 17.0. The Balaban J connectivity index is 1.63. The topological polar surface area (TPSA) is 90.9 Å². The van der Waals surface area contributed by atoms with E-state index in [2.05, 4.69) is 0 Å². The van der Waals surface area contributed by atoms with Crippen molar-refractivity contribution in [2.75, 3.05) is 41.7 Å². The molecule has 1 aromatic rings. The van der Waals surface area contributed by atoms with Gasteiger partial charge < -0.3 is 37.9 Å². The van der Waals surface area contributed by atoms with Crippen molar-refractivity contribution in [2.24, 2.45) is 5.92 Å². The summed E-state index contributed by atoms with van der Waals surface area (Å²) in [6.45, 7) is 3.43. The lowest BCUT2D eigenvalue weighted by Crippen LogP contribution is -2.58. The van der Waals surface area contributed by atoms with Crippen molar-refractivity contribution in [2.45, 2.75) is 75.7 Å². The van der Waals surface area contributed by atoms with Gasteiger partial charge in [0.05, 0.1) is 45.1 Å². The molecule has 2 aliphatic heterocycles. The third-order valence-corrected chi connectivity index (χ3v) is 6.87. The van der Waals surface area contributed by atoms with Gasteiger partial charge >= 0.3 is 5.97 Å². The molecule has 2 saturated heterocycles. The van der Waals surface area contributed by atoms with Gasteiger partial charge in [0.15, 0.2) is 6.29 Å². The van der Waals surface area contributed by atoms with Crippen molar-refractivity contribution >= 4 is 5.97 Å². The van der Waals surface area contributed by atoms with E-state index in [1.165, 1.54) is 7.11 Å². The van der Waals surface area contributed by atoms with Crippen molar-refractivity contribution in [3.05, 3.63) is 35.9 Å². The highest BCUT2D eigenvalue weighted by molar-refractivity contribution is 5.69. The Morgan fingerprint density at radius 1 is 1.00 bits per heavy atom. The second-order valence-electron chi connectivity index (χ2n) is 9.05. The number of benzene rings is 1. The van der Waals surface area contributed by atoms with E-state index >= 15 is 0 Å². The maximum atomic E-state index is 12.1. The van der Waals surface area contributed by atoms with Crippen LogP contribution in [0.4, 0.5) is 0 Å². The van der Waals surface area contributed by atoms with Crippen LogP contribution in [0.3, 0.4) is 0 Å². The number of carbonyl (C=O) groups is 1. The lowest BCUT2D eigenvalue weighted by Gasteiger charge is -2.45. The number of hydrogen-bond acceptors (Lipinski definition) is 9. The summed E-state index contributed by atoms with van der Waals surface area (Å²) < 4.78 is 46.3. The Hall–Kier alpha value is -1.59. The van der Waals surface area contributed by atoms with Crippen molar-refractivity contribution < 1.29 is 42.7 Å². The third-order valence-electron chi connectivity index (χ3n) is 6.87. The molecule has 0 saturated carbocycles. The van der Waals surface area contributed by atoms with E-state index in [4.69, 9.17) is 37.9 Å². The fraction of sp³-hybridized carbons (Fsp3) is 0.731. The van der Waals surface area contributed by atoms with Gasteiger partial charge in [-0.15, -0.1) is 0 Å². The van der Waals surface area contributed by atoms with E-state index in [9.17, 15) is 4.79 Å². The van der Waals surface area contributed by atoms with Crippen LogP contribution in [0.2, 0.25) is 0 Å². The van der Waals surface area contributed by atoms with Crippen LogP contribution in [-0.4, -0.2) is 90.5 Å². The molecule has 3 rings (SSSR count). The SMILES string of the molecule is COC(=O)C[C@@H]1O[C@H](CCOCc2ccccc2)C[C@H](O[C@H]2OC[C@@H](OC)[C@H](OC)[C@H]2OC)[C@H]1C. The van der Waals surface area contributed by atoms with Crippen LogP contribution >= 0.6 is 0 Å². The molecule has 0 unspecified atom stereocenters. The maximum Gasteiger partial charge on any atom is 0.308 e. The molecule has 9 nitrogen and oxygen atoms in total. The van der Waals surface area contributed by atoms with Gasteiger partial charge in [0.1, 0.15) is 18.3 Å². The maximum absolute atomic E-state index is 12.1. The smallest absolute Gasteiger partial charge is 0.308 e. The van der Waals surface area contributed by atoms with E-state index in [1.807, 2.05) is 37.3 Å². The zero-order valence-electron chi connectivity index (χ0n) is 21.4. The molecule has 2 aliphatic rings. The molecular formula is C26H40O9. The molecule has 0 amide bonds. The molecule has 0 aromatic heterocycles. The highest BCUT2D eigenvalue weighted by atomic mass is 16.7. The highest BCUT2D eigenvalue weighted by Crippen LogP contribution is 2.34. The van der Waals surface area contributed by atoms with E-state index in [-0.39, 0.29) is 48.8 Å². The average molecular weight is 497 g/mol. The van der Waals surface area contributed by atoms with Crippen molar-refractivity contribution in [1.82, 2.24) is 0 Å². The molecule has 0 spiro atoms. The lowest BCUT2D eigenvalue weighted by molar-refractivity contribution is -0.308. The molecule has 0 aliphatic carbocycles. The predicted octanol–water partition coefficient (Wildman–Crippen LogP) is 2.74. The molecule has 8 atom stereocenters. The van der Waals surface area contributed by atoms with Crippen LogP contribution in [0.5, 0.6) is 0 Å². The van der Waals surface area contributed by atoms with Gasteiger partial charge in [0.2, 0.25) is 0 Å². The second-order valence-corrected chi connectivity index (χ2v) is 9.05. The van der Waals surface area contributed by atoms with Crippen LogP contribution in [-0.2, 0) is 49.3 Å². The summed E-state index contributed by atoms with van der Waals surface area (Å²) in [4.78, 5) is 12.1. The van der Waals surface area contributed by atoms with E-state index in [0.29, 0.717) is 32.7 Å². The van der Waals surface area contributed by atoms with Crippen molar-refractivity contribution in [3.8, 4) is 0 Å². The van der Waals surface area contributed by atoms with E-state index < -0.39 is 12.4 Å². The third kappa shape index (κ3) is 7.69. The van der Waals surface area contributed by atoms with Crippen LogP contribution in [0, 0.1) is 5.92 Å². The standard InChI is InChI=1S/C26H40O9/c1-17-20(35-26-25(31-5)24(30-4)22(28-2)16-33-26)13-19(34-21(17)14-23(27)29-3)11-12-32-15-18-9-7-6-8-10-18/h6-10,17,19-22,24-26H,11-16H2,1-5H3/t17-,19-,20+,21+,22-,24+,25-,26-/m1/s1. The Morgan fingerprint density at radius 3 is 2.40 bits per heavy atom. The summed E-state index contributed by atoms with van der Waals surface area (Å²) in [7, 11) is 6.24. The fourth-order valence-corrected chi connectivity index (χ4v) is 4.73. The van der Waals surface area contributed by atoms with Crippen LogP contribution in [0.25, 0.3) is 0 Å². The summed E-state index contributed by atoms with van der Waals surface area (Å²) in [6, 6.07) is 10.0. The Kier molecular flexibility index (Phi) is 11.4. The van der Waals surface area contributed by atoms with E-state index in [0.717, 1.165) is 5.56 Å². The highest BCUT2D eigenvalue weighted by Gasteiger charge is 2.46. The number of methoxy groups -OCH3 is 4. The van der Waals surface area contributed by atoms with Gasteiger partial charge in [0, 0.05) is 40.3 Å². The minimum atomic E-state index is -0.629. The van der Waals surface area contributed by atoms with Gasteiger partial charge in [-0.25, -0.2) is 0 Å². The molecule has 0 radical (unpaired) electrons. The van der Waals surface area contributed by atoms with Gasteiger partial charge in [-0.3, -0.25) is 4.79 Å². The monoisotopic (exact) mass is 496 g/mol.